The number of hydrogen-bond donors (Lipinski definition) is 1. The van der Waals surface area contributed by atoms with Gasteiger partial charge in [-0.2, -0.15) is 8.78 Å². The van der Waals surface area contributed by atoms with Crippen molar-refractivity contribution in [2.75, 3.05) is 24.5 Å². The lowest BCUT2D eigenvalue weighted by Gasteiger charge is -2.42. The van der Waals surface area contributed by atoms with Gasteiger partial charge in [-0.25, -0.2) is 4.98 Å². The maximum absolute atomic E-state index is 12.7. The third-order valence-electron chi connectivity index (χ3n) is 7.63. The number of aromatic nitrogens is 2. The molecule has 0 unspecified atom stereocenters. The summed E-state index contributed by atoms with van der Waals surface area (Å²) in [4.78, 5) is 25.8. The Labute approximate surface area is 239 Å². The fourth-order valence-electron chi connectivity index (χ4n) is 5.20. The smallest absolute Gasteiger partial charge is 0.387 e. The molecule has 7 nitrogen and oxygen atoms in total. The summed E-state index contributed by atoms with van der Waals surface area (Å²) < 4.78 is 29.9. The molecule has 1 atom stereocenters. The number of likely N-dealkylation sites (tertiary alicyclic amines) is 1. The molecule has 0 saturated carbocycles. The quantitative estimate of drug-likeness (QED) is 0.284. The standard InChI is InChI=1S/C30H36ClF2N5O2/c1-20-8-13-34-18-23(20)19-38(24-4-6-26(7-5-24)40-30(32)33)25-11-16-37(17-12-25)22(3)10-15-36-29(39)27-21(2)9-14-35-28(27)31/h4-9,13-14,18,22,25,30H,10-12,15-17,19H2,1-3H3,(H,36,39)/t22-/m1/s1. The van der Waals surface area contributed by atoms with E-state index in [2.05, 4.69) is 43.7 Å². The van der Waals surface area contributed by atoms with Crippen molar-refractivity contribution in [3.05, 3.63) is 82.4 Å². The van der Waals surface area contributed by atoms with E-state index in [1.54, 1.807) is 30.6 Å². The van der Waals surface area contributed by atoms with Crippen LogP contribution in [-0.2, 0) is 6.54 Å². The molecule has 1 aliphatic rings. The van der Waals surface area contributed by atoms with E-state index in [0.29, 0.717) is 24.7 Å². The minimum atomic E-state index is -2.85. The number of ether oxygens (including phenoxy) is 1. The van der Waals surface area contributed by atoms with E-state index >= 15 is 0 Å². The van der Waals surface area contributed by atoms with Crippen LogP contribution < -0.4 is 15.0 Å². The second-order valence-electron chi connectivity index (χ2n) is 10.3. The number of piperidine rings is 1. The SMILES string of the molecule is Cc1ccncc1CN(c1ccc(OC(F)F)cc1)C1CCN([C@H](C)CCNC(=O)c2c(C)ccnc2Cl)CC1. The van der Waals surface area contributed by atoms with E-state index in [-0.39, 0.29) is 22.9 Å². The van der Waals surface area contributed by atoms with Crippen LogP contribution in [0.15, 0.2) is 55.0 Å². The Balaban J connectivity index is 1.36. The first-order chi connectivity index (χ1) is 19.2. The first-order valence-electron chi connectivity index (χ1n) is 13.6. The highest BCUT2D eigenvalue weighted by atomic mass is 35.5. The molecule has 214 valence electrons. The zero-order valence-corrected chi connectivity index (χ0v) is 23.9. The number of hydrogen-bond acceptors (Lipinski definition) is 6. The van der Waals surface area contributed by atoms with Crippen LogP contribution in [0.5, 0.6) is 5.75 Å². The first kappa shape index (κ1) is 29.7. The van der Waals surface area contributed by atoms with Gasteiger partial charge in [-0.05, 0) is 93.1 Å². The number of nitrogens with zero attached hydrogens (tertiary/aromatic N) is 4. The summed E-state index contributed by atoms with van der Waals surface area (Å²) in [7, 11) is 0. The molecule has 3 aromatic rings. The molecule has 0 aliphatic carbocycles. The van der Waals surface area contributed by atoms with E-state index in [4.69, 9.17) is 11.6 Å². The summed E-state index contributed by atoms with van der Waals surface area (Å²) in [5.74, 6) is -0.0548. The number of carbonyl (C=O) groups excluding carboxylic acids is 1. The monoisotopic (exact) mass is 571 g/mol. The van der Waals surface area contributed by atoms with Crippen LogP contribution in [0.4, 0.5) is 14.5 Å². The van der Waals surface area contributed by atoms with Crippen molar-refractivity contribution in [3.63, 3.8) is 0 Å². The molecular formula is C30H36ClF2N5O2. The summed E-state index contributed by atoms with van der Waals surface area (Å²) in [6.45, 7) is 6.32. The first-order valence-corrected chi connectivity index (χ1v) is 13.9. The summed E-state index contributed by atoms with van der Waals surface area (Å²) in [6, 6.07) is 11.2. The Morgan fingerprint density at radius 3 is 2.48 bits per heavy atom. The van der Waals surface area contributed by atoms with Crippen molar-refractivity contribution in [2.24, 2.45) is 0 Å². The molecule has 0 spiro atoms. The molecule has 1 amide bonds. The number of anilines is 1. The largest absolute Gasteiger partial charge is 0.435 e. The highest BCUT2D eigenvalue weighted by molar-refractivity contribution is 6.32. The zero-order valence-electron chi connectivity index (χ0n) is 23.1. The van der Waals surface area contributed by atoms with E-state index in [0.717, 1.165) is 54.7 Å². The van der Waals surface area contributed by atoms with Crippen LogP contribution in [0.2, 0.25) is 5.15 Å². The molecule has 1 aliphatic heterocycles. The van der Waals surface area contributed by atoms with Crippen molar-refractivity contribution < 1.29 is 18.3 Å². The topological polar surface area (TPSA) is 70.6 Å². The predicted molar refractivity (Wildman–Crippen MR) is 153 cm³/mol. The van der Waals surface area contributed by atoms with Gasteiger partial charge in [0.1, 0.15) is 10.9 Å². The Bertz CT molecular complexity index is 1250. The molecule has 0 radical (unpaired) electrons. The summed E-state index contributed by atoms with van der Waals surface area (Å²) in [5, 5.41) is 3.20. The molecule has 0 bridgehead atoms. The summed E-state index contributed by atoms with van der Waals surface area (Å²) in [5.41, 5.74) is 4.48. The number of carbonyl (C=O) groups is 1. The van der Waals surface area contributed by atoms with Crippen LogP contribution in [0.25, 0.3) is 0 Å². The Morgan fingerprint density at radius 1 is 1.12 bits per heavy atom. The van der Waals surface area contributed by atoms with Crippen LogP contribution in [0.3, 0.4) is 0 Å². The van der Waals surface area contributed by atoms with Gasteiger partial charge in [-0.3, -0.25) is 9.78 Å². The second-order valence-corrected chi connectivity index (χ2v) is 10.6. The van der Waals surface area contributed by atoms with Crippen molar-refractivity contribution in [3.8, 4) is 5.75 Å². The van der Waals surface area contributed by atoms with Gasteiger partial charge in [0.05, 0.1) is 5.56 Å². The van der Waals surface area contributed by atoms with Gasteiger partial charge in [0.15, 0.2) is 0 Å². The van der Waals surface area contributed by atoms with Crippen molar-refractivity contribution in [1.82, 2.24) is 20.2 Å². The highest BCUT2D eigenvalue weighted by Crippen LogP contribution is 2.29. The maximum atomic E-state index is 12.7. The van der Waals surface area contributed by atoms with E-state index in [1.165, 1.54) is 0 Å². The van der Waals surface area contributed by atoms with Gasteiger partial charge >= 0.3 is 6.61 Å². The molecule has 4 rings (SSSR count). The highest BCUT2D eigenvalue weighted by Gasteiger charge is 2.28. The lowest BCUT2D eigenvalue weighted by molar-refractivity contribution is -0.0498. The van der Waals surface area contributed by atoms with Crippen molar-refractivity contribution >= 4 is 23.2 Å². The normalized spacial score (nSPS) is 15.2. The van der Waals surface area contributed by atoms with Crippen LogP contribution in [-0.4, -0.2) is 59.1 Å². The fourth-order valence-corrected chi connectivity index (χ4v) is 5.49. The van der Waals surface area contributed by atoms with Crippen LogP contribution in [0, 0.1) is 13.8 Å². The van der Waals surface area contributed by atoms with Gasteiger partial charge in [-0.1, -0.05) is 11.6 Å². The van der Waals surface area contributed by atoms with E-state index in [9.17, 15) is 13.6 Å². The molecule has 1 aromatic carbocycles. The summed E-state index contributed by atoms with van der Waals surface area (Å²) in [6.07, 6.45) is 8.00. The van der Waals surface area contributed by atoms with Gasteiger partial charge in [0, 0.05) is 62.5 Å². The number of aryl methyl sites for hydroxylation is 2. The number of nitrogens with one attached hydrogen (secondary N) is 1. The number of benzene rings is 1. The second kappa shape index (κ2) is 13.9. The lowest BCUT2D eigenvalue weighted by Crippen LogP contribution is -2.48. The number of pyridine rings is 2. The molecule has 1 saturated heterocycles. The number of amides is 1. The molecular weight excluding hydrogens is 536 g/mol. The van der Waals surface area contributed by atoms with Gasteiger partial charge < -0.3 is 19.9 Å². The lowest BCUT2D eigenvalue weighted by atomic mass is 9.99. The molecule has 40 heavy (non-hydrogen) atoms. The average molecular weight is 572 g/mol. The molecule has 1 fully saturated rings. The van der Waals surface area contributed by atoms with Gasteiger partial charge in [-0.15, -0.1) is 0 Å². The molecule has 1 N–H and O–H groups in total. The number of rotatable bonds is 11. The molecule has 10 heteroatoms. The fraction of sp³-hybridized carbons (Fsp3) is 0.433. The van der Waals surface area contributed by atoms with Gasteiger partial charge in [0.25, 0.3) is 5.91 Å². The third-order valence-corrected chi connectivity index (χ3v) is 7.92. The minimum absolute atomic E-state index is 0.146. The van der Waals surface area contributed by atoms with Gasteiger partial charge in [0.2, 0.25) is 0 Å². The number of alkyl halides is 2. The van der Waals surface area contributed by atoms with E-state index in [1.807, 2.05) is 31.3 Å². The maximum Gasteiger partial charge on any atom is 0.387 e. The van der Waals surface area contributed by atoms with Crippen LogP contribution >= 0.6 is 11.6 Å². The van der Waals surface area contributed by atoms with Crippen LogP contribution in [0.1, 0.15) is 53.2 Å². The van der Waals surface area contributed by atoms with E-state index < -0.39 is 6.61 Å². The third kappa shape index (κ3) is 7.67. The number of halogens is 3. The summed E-state index contributed by atoms with van der Waals surface area (Å²) >= 11 is 6.13. The minimum Gasteiger partial charge on any atom is -0.435 e. The Hall–Kier alpha value is -3.30. The predicted octanol–water partition coefficient (Wildman–Crippen LogP) is 6.03. The van der Waals surface area contributed by atoms with Crippen molar-refractivity contribution in [1.29, 1.82) is 0 Å². The molecule has 3 heterocycles. The van der Waals surface area contributed by atoms with Crippen molar-refractivity contribution in [2.45, 2.75) is 65.3 Å². The Kier molecular flexibility index (Phi) is 10.3. The Morgan fingerprint density at radius 2 is 1.82 bits per heavy atom. The zero-order chi connectivity index (χ0) is 28.6. The average Bonchev–Trinajstić information content (AvgIpc) is 2.93. The molecule has 2 aromatic heterocycles.